The van der Waals surface area contributed by atoms with Crippen molar-refractivity contribution >= 4 is 5.97 Å². The van der Waals surface area contributed by atoms with Gasteiger partial charge < -0.3 is 10.4 Å². The van der Waals surface area contributed by atoms with E-state index in [1.54, 1.807) is 0 Å². The third-order valence-corrected chi connectivity index (χ3v) is 1.57. The fourth-order valence-corrected chi connectivity index (χ4v) is 0.933. The minimum atomic E-state index is -4.17. The molecular formula is C8H14F3NO2. The largest absolute Gasteiger partial charge is 0.481 e. The quantitative estimate of drug-likeness (QED) is 0.634. The van der Waals surface area contributed by atoms with Gasteiger partial charge in [0.15, 0.2) is 0 Å². The molecule has 0 atom stereocenters. The van der Waals surface area contributed by atoms with E-state index in [-0.39, 0.29) is 13.0 Å². The average molecular weight is 213 g/mol. The van der Waals surface area contributed by atoms with Gasteiger partial charge in [0.05, 0.1) is 6.54 Å². The van der Waals surface area contributed by atoms with Crippen molar-refractivity contribution in [3.63, 3.8) is 0 Å². The molecule has 84 valence electrons. The van der Waals surface area contributed by atoms with Crippen molar-refractivity contribution in [3.05, 3.63) is 0 Å². The number of carboxylic acid groups (broad SMARTS) is 1. The number of alkyl halides is 3. The summed E-state index contributed by atoms with van der Waals surface area (Å²) in [6.07, 6.45) is -2.36. The van der Waals surface area contributed by atoms with Crippen molar-refractivity contribution in [2.24, 2.45) is 0 Å². The fraction of sp³-hybridized carbons (Fsp3) is 0.875. The van der Waals surface area contributed by atoms with Crippen LogP contribution in [0.3, 0.4) is 0 Å². The molecule has 0 saturated carbocycles. The molecule has 0 unspecified atom stereocenters. The molecule has 0 bridgehead atoms. The van der Waals surface area contributed by atoms with E-state index < -0.39 is 18.7 Å². The average Bonchev–Trinajstić information content (AvgIpc) is 2.00. The molecule has 0 aliphatic rings. The number of hydrogen-bond donors (Lipinski definition) is 2. The topological polar surface area (TPSA) is 49.3 Å². The summed E-state index contributed by atoms with van der Waals surface area (Å²) in [4.78, 5) is 10.1. The normalized spacial score (nSPS) is 11.6. The maximum absolute atomic E-state index is 11.6. The van der Waals surface area contributed by atoms with Crippen LogP contribution in [-0.2, 0) is 4.79 Å². The van der Waals surface area contributed by atoms with Gasteiger partial charge in [-0.15, -0.1) is 0 Å². The second kappa shape index (κ2) is 6.64. The second-order valence-electron chi connectivity index (χ2n) is 3.00. The van der Waals surface area contributed by atoms with Crippen LogP contribution in [0.5, 0.6) is 0 Å². The van der Waals surface area contributed by atoms with E-state index in [1.807, 2.05) is 0 Å². The smallest absolute Gasteiger partial charge is 0.401 e. The van der Waals surface area contributed by atoms with E-state index in [0.717, 1.165) is 0 Å². The Balaban J connectivity index is 3.11. The number of rotatable bonds is 7. The van der Waals surface area contributed by atoms with E-state index in [4.69, 9.17) is 5.11 Å². The summed E-state index contributed by atoms with van der Waals surface area (Å²) in [6, 6.07) is 0. The van der Waals surface area contributed by atoms with Gasteiger partial charge >= 0.3 is 12.1 Å². The van der Waals surface area contributed by atoms with Crippen molar-refractivity contribution in [2.45, 2.75) is 31.9 Å². The molecule has 14 heavy (non-hydrogen) atoms. The fourth-order valence-electron chi connectivity index (χ4n) is 0.933. The van der Waals surface area contributed by atoms with Crippen LogP contribution in [0.15, 0.2) is 0 Å². The lowest BCUT2D eigenvalue weighted by molar-refractivity contribution is -0.137. The summed E-state index contributed by atoms with van der Waals surface area (Å²) in [6.45, 7) is -0.703. The molecule has 0 fully saturated rings. The highest BCUT2D eigenvalue weighted by molar-refractivity contribution is 5.66. The molecule has 0 aromatic carbocycles. The van der Waals surface area contributed by atoms with E-state index in [9.17, 15) is 18.0 Å². The summed E-state index contributed by atoms with van der Waals surface area (Å²) in [7, 11) is 0. The van der Waals surface area contributed by atoms with Gasteiger partial charge in [0.25, 0.3) is 0 Å². The van der Waals surface area contributed by atoms with Gasteiger partial charge in [0.1, 0.15) is 0 Å². The lowest BCUT2D eigenvalue weighted by Gasteiger charge is -2.07. The first-order chi connectivity index (χ1) is 6.42. The van der Waals surface area contributed by atoms with Gasteiger partial charge in [0, 0.05) is 6.42 Å². The van der Waals surface area contributed by atoms with Crippen molar-refractivity contribution in [3.8, 4) is 0 Å². The molecule has 2 N–H and O–H groups in total. The van der Waals surface area contributed by atoms with Gasteiger partial charge in [0.2, 0.25) is 0 Å². The van der Waals surface area contributed by atoms with Gasteiger partial charge in [-0.1, -0.05) is 6.42 Å². The van der Waals surface area contributed by atoms with Crippen LogP contribution in [0.1, 0.15) is 25.7 Å². The summed E-state index contributed by atoms with van der Waals surface area (Å²) < 4.78 is 34.8. The highest BCUT2D eigenvalue weighted by Crippen LogP contribution is 2.12. The first kappa shape index (κ1) is 13.2. The first-order valence-corrected chi connectivity index (χ1v) is 4.41. The SMILES string of the molecule is O=C(O)CCCCCNCC(F)(F)F. The molecule has 0 heterocycles. The van der Waals surface area contributed by atoms with Crippen molar-refractivity contribution in [1.29, 1.82) is 0 Å². The molecule has 0 spiro atoms. The number of carboxylic acids is 1. The summed E-state index contributed by atoms with van der Waals surface area (Å²) in [5, 5.41) is 10.5. The lowest BCUT2D eigenvalue weighted by atomic mass is 10.2. The molecule has 0 aliphatic heterocycles. The number of hydrogen-bond acceptors (Lipinski definition) is 2. The van der Waals surface area contributed by atoms with Crippen LogP contribution < -0.4 is 5.32 Å². The molecule has 0 saturated heterocycles. The molecular weight excluding hydrogens is 199 g/mol. The van der Waals surface area contributed by atoms with Crippen LogP contribution in [0, 0.1) is 0 Å². The highest BCUT2D eigenvalue weighted by atomic mass is 19.4. The van der Waals surface area contributed by atoms with Crippen LogP contribution in [-0.4, -0.2) is 30.3 Å². The Morgan fingerprint density at radius 1 is 1.21 bits per heavy atom. The number of carbonyl (C=O) groups is 1. The molecule has 0 amide bonds. The number of halogens is 3. The Kier molecular flexibility index (Phi) is 6.27. The minimum absolute atomic E-state index is 0.0826. The minimum Gasteiger partial charge on any atom is -0.481 e. The van der Waals surface area contributed by atoms with E-state index in [2.05, 4.69) is 5.32 Å². The van der Waals surface area contributed by atoms with Crippen molar-refractivity contribution < 1.29 is 23.1 Å². The zero-order valence-electron chi connectivity index (χ0n) is 7.73. The molecule has 0 aliphatic carbocycles. The van der Waals surface area contributed by atoms with E-state index >= 15 is 0 Å². The van der Waals surface area contributed by atoms with Crippen LogP contribution in [0.2, 0.25) is 0 Å². The molecule has 3 nitrogen and oxygen atoms in total. The van der Waals surface area contributed by atoms with Gasteiger partial charge in [-0.3, -0.25) is 4.79 Å². The summed E-state index contributed by atoms with van der Waals surface area (Å²) >= 11 is 0. The number of nitrogens with one attached hydrogen (secondary N) is 1. The number of unbranched alkanes of at least 4 members (excludes halogenated alkanes) is 2. The van der Waals surface area contributed by atoms with Gasteiger partial charge in [-0.05, 0) is 19.4 Å². The van der Waals surface area contributed by atoms with Crippen LogP contribution in [0.25, 0.3) is 0 Å². The van der Waals surface area contributed by atoms with E-state index in [0.29, 0.717) is 19.3 Å². The Morgan fingerprint density at radius 2 is 1.86 bits per heavy atom. The Bertz CT molecular complexity index is 170. The molecule has 0 aromatic rings. The molecule has 6 heteroatoms. The third kappa shape index (κ3) is 11.2. The molecule has 0 radical (unpaired) electrons. The number of aliphatic carboxylic acids is 1. The predicted molar refractivity (Wildman–Crippen MR) is 45.0 cm³/mol. The van der Waals surface area contributed by atoms with Crippen LogP contribution in [0.4, 0.5) is 13.2 Å². The molecule has 0 rings (SSSR count). The Labute approximate surface area is 80.3 Å². The Hall–Kier alpha value is -0.780. The van der Waals surface area contributed by atoms with E-state index in [1.165, 1.54) is 0 Å². The third-order valence-electron chi connectivity index (χ3n) is 1.57. The first-order valence-electron chi connectivity index (χ1n) is 4.41. The Morgan fingerprint density at radius 3 is 2.36 bits per heavy atom. The standard InChI is InChI=1S/C8H14F3NO2/c9-8(10,11)6-12-5-3-1-2-4-7(13)14/h12H,1-6H2,(H,13,14). The predicted octanol–water partition coefficient (Wildman–Crippen LogP) is 1.78. The zero-order chi connectivity index (χ0) is 11.0. The summed E-state index contributed by atoms with van der Waals surface area (Å²) in [5.41, 5.74) is 0. The van der Waals surface area contributed by atoms with Crippen molar-refractivity contribution in [2.75, 3.05) is 13.1 Å². The zero-order valence-corrected chi connectivity index (χ0v) is 7.73. The lowest BCUT2D eigenvalue weighted by Crippen LogP contribution is -2.29. The molecule has 0 aromatic heterocycles. The second-order valence-corrected chi connectivity index (χ2v) is 3.00. The maximum atomic E-state index is 11.6. The van der Waals surface area contributed by atoms with Crippen molar-refractivity contribution in [1.82, 2.24) is 5.32 Å². The van der Waals surface area contributed by atoms with Crippen LogP contribution >= 0.6 is 0 Å². The van der Waals surface area contributed by atoms with Gasteiger partial charge in [-0.2, -0.15) is 13.2 Å². The maximum Gasteiger partial charge on any atom is 0.401 e. The summed E-state index contributed by atoms with van der Waals surface area (Å²) in [5.74, 6) is -0.867. The van der Waals surface area contributed by atoms with Gasteiger partial charge in [-0.25, -0.2) is 0 Å². The monoisotopic (exact) mass is 213 g/mol. The highest BCUT2D eigenvalue weighted by Gasteiger charge is 2.25.